The van der Waals surface area contributed by atoms with E-state index in [-0.39, 0.29) is 11.9 Å². The van der Waals surface area contributed by atoms with Crippen LogP contribution in [0.4, 0.5) is 0 Å². The molecule has 0 aliphatic carbocycles. The first-order valence-corrected chi connectivity index (χ1v) is 5.68. The number of nitrogens with zero attached hydrogens (tertiary/aromatic N) is 6. The number of aryl methyl sites for hydroxylation is 1. The number of aromatic nitrogens is 5. The third-order valence-corrected chi connectivity index (χ3v) is 2.96. The molecule has 3 rings (SSSR count). The monoisotopic (exact) mass is 244 g/mol. The lowest BCUT2D eigenvalue weighted by Crippen LogP contribution is -2.51. The molecular formula is C11H12N6O. The van der Waals surface area contributed by atoms with Crippen LogP contribution in [0.25, 0.3) is 0 Å². The first kappa shape index (κ1) is 10.8. The molecule has 2 aromatic rings. The van der Waals surface area contributed by atoms with Crippen molar-refractivity contribution < 1.29 is 4.79 Å². The lowest BCUT2D eigenvalue weighted by Gasteiger charge is -2.38. The fraction of sp³-hybridized carbons (Fsp3) is 0.364. The summed E-state index contributed by atoms with van der Waals surface area (Å²) in [4.78, 5) is 21.9. The fourth-order valence-corrected chi connectivity index (χ4v) is 1.87. The Kier molecular flexibility index (Phi) is 2.51. The summed E-state index contributed by atoms with van der Waals surface area (Å²) < 4.78 is 1.77. The van der Waals surface area contributed by atoms with Crippen molar-refractivity contribution in [2.24, 2.45) is 0 Å². The second-order valence-corrected chi connectivity index (χ2v) is 4.29. The molecule has 1 fully saturated rings. The summed E-state index contributed by atoms with van der Waals surface area (Å²) in [5, 5.41) is 7.67. The summed E-state index contributed by atoms with van der Waals surface area (Å²) in [7, 11) is 0. The molecule has 1 saturated heterocycles. The Morgan fingerprint density at radius 1 is 1.33 bits per heavy atom. The van der Waals surface area contributed by atoms with Crippen molar-refractivity contribution in [3.63, 3.8) is 0 Å². The normalized spacial score (nSPS) is 15.5. The van der Waals surface area contributed by atoms with Crippen molar-refractivity contribution in [3.8, 4) is 0 Å². The van der Waals surface area contributed by atoms with E-state index in [1.54, 1.807) is 28.2 Å². The Morgan fingerprint density at radius 3 is 2.78 bits per heavy atom. The van der Waals surface area contributed by atoms with Crippen molar-refractivity contribution in [3.05, 3.63) is 36.2 Å². The van der Waals surface area contributed by atoms with Crippen LogP contribution >= 0.6 is 0 Å². The Hall–Kier alpha value is -2.31. The SMILES string of the molecule is Cc1cnc(C(=O)N2CC(n3ccnn3)C2)cn1. The highest BCUT2D eigenvalue weighted by atomic mass is 16.2. The van der Waals surface area contributed by atoms with E-state index in [0.29, 0.717) is 18.8 Å². The van der Waals surface area contributed by atoms with Gasteiger partial charge in [0.1, 0.15) is 5.69 Å². The summed E-state index contributed by atoms with van der Waals surface area (Å²) in [5.74, 6) is -0.0844. The van der Waals surface area contributed by atoms with Crippen LogP contribution < -0.4 is 0 Å². The molecule has 0 N–H and O–H groups in total. The Morgan fingerprint density at radius 2 is 2.17 bits per heavy atom. The largest absolute Gasteiger partial charge is 0.333 e. The van der Waals surface area contributed by atoms with Crippen molar-refractivity contribution in [1.29, 1.82) is 0 Å². The molecular weight excluding hydrogens is 232 g/mol. The van der Waals surface area contributed by atoms with E-state index in [1.807, 2.05) is 6.92 Å². The highest BCUT2D eigenvalue weighted by Gasteiger charge is 2.33. The van der Waals surface area contributed by atoms with Crippen LogP contribution in [0.3, 0.4) is 0 Å². The predicted octanol–water partition coefficient (Wildman–Crippen LogP) is 0.0736. The molecule has 7 nitrogen and oxygen atoms in total. The topological polar surface area (TPSA) is 76.8 Å². The molecule has 0 radical (unpaired) electrons. The van der Waals surface area contributed by atoms with E-state index in [2.05, 4.69) is 20.3 Å². The first-order chi connectivity index (χ1) is 8.74. The molecule has 1 amide bonds. The van der Waals surface area contributed by atoms with Crippen LogP contribution in [0, 0.1) is 6.92 Å². The minimum atomic E-state index is -0.0844. The maximum absolute atomic E-state index is 12.0. The highest BCUT2D eigenvalue weighted by molar-refractivity contribution is 5.92. The zero-order chi connectivity index (χ0) is 12.5. The standard InChI is InChI=1S/C11H12N6O/c1-8-4-13-10(5-12-8)11(18)16-6-9(7-16)17-3-2-14-15-17/h2-5,9H,6-7H2,1H3. The molecule has 18 heavy (non-hydrogen) atoms. The minimum absolute atomic E-state index is 0.0844. The molecule has 2 aromatic heterocycles. The quantitative estimate of drug-likeness (QED) is 0.747. The van der Waals surface area contributed by atoms with Gasteiger partial charge in [-0.05, 0) is 6.92 Å². The van der Waals surface area contributed by atoms with Crippen LogP contribution in [0.1, 0.15) is 22.2 Å². The smallest absolute Gasteiger partial charge is 0.274 e. The lowest BCUT2D eigenvalue weighted by atomic mass is 10.1. The predicted molar refractivity (Wildman–Crippen MR) is 61.7 cm³/mol. The number of carbonyl (C=O) groups excluding carboxylic acids is 1. The lowest BCUT2D eigenvalue weighted by molar-refractivity contribution is 0.0492. The Bertz CT molecular complexity index is 543. The van der Waals surface area contributed by atoms with Gasteiger partial charge in [-0.15, -0.1) is 5.10 Å². The Labute approximate surface area is 103 Å². The third kappa shape index (κ3) is 1.83. The number of rotatable bonds is 2. The average Bonchev–Trinajstić information content (AvgIpc) is 2.81. The zero-order valence-electron chi connectivity index (χ0n) is 9.89. The number of carbonyl (C=O) groups is 1. The van der Waals surface area contributed by atoms with Gasteiger partial charge < -0.3 is 4.90 Å². The van der Waals surface area contributed by atoms with Crippen molar-refractivity contribution in [1.82, 2.24) is 29.9 Å². The molecule has 1 aliphatic rings. The second kappa shape index (κ2) is 4.17. The molecule has 0 spiro atoms. The summed E-state index contributed by atoms with van der Waals surface area (Å²) in [6, 6.07) is 0.217. The molecule has 3 heterocycles. The number of hydrogen-bond donors (Lipinski definition) is 0. The molecule has 0 saturated carbocycles. The van der Waals surface area contributed by atoms with Gasteiger partial charge in [0, 0.05) is 25.5 Å². The van der Waals surface area contributed by atoms with Gasteiger partial charge in [0.15, 0.2) is 0 Å². The van der Waals surface area contributed by atoms with Crippen LogP contribution in [0.15, 0.2) is 24.8 Å². The van der Waals surface area contributed by atoms with Gasteiger partial charge in [-0.1, -0.05) is 5.21 Å². The van der Waals surface area contributed by atoms with Gasteiger partial charge >= 0.3 is 0 Å². The minimum Gasteiger partial charge on any atom is -0.333 e. The summed E-state index contributed by atoms with van der Waals surface area (Å²) in [6.07, 6.45) is 6.55. The molecule has 7 heteroatoms. The third-order valence-electron chi connectivity index (χ3n) is 2.96. The van der Waals surface area contributed by atoms with Crippen LogP contribution in [0.2, 0.25) is 0 Å². The van der Waals surface area contributed by atoms with Gasteiger partial charge in [-0.2, -0.15) is 0 Å². The highest BCUT2D eigenvalue weighted by Crippen LogP contribution is 2.21. The first-order valence-electron chi connectivity index (χ1n) is 5.68. The van der Waals surface area contributed by atoms with Crippen LogP contribution in [-0.2, 0) is 0 Å². The van der Waals surface area contributed by atoms with Gasteiger partial charge in [0.25, 0.3) is 5.91 Å². The molecule has 0 atom stereocenters. The van der Waals surface area contributed by atoms with Gasteiger partial charge in [-0.25, -0.2) is 9.67 Å². The number of amides is 1. The molecule has 0 unspecified atom stereocenters. The molecule has 0 bridgehead atoms. The maximum atomic E-state index is 12.0. The van der Waals surface area contributed by atoms with Crippen molar-refractivity contribution >= 4 is 5.91 Å². The van der Waals surface area contributed by atoms with Crippen LogP contribution in [0.5, 0.6) is 0 Å². The van der Waals surface area contributed by atoms with E-state index in [1.165, 1.54) is 6.20 Å². The van der Waals surface area contributed by atoms with E-state index in [4.69, 9.17) is 0 Å². The average molecular weight is 244 g/mol. The van der Waals surface area contributed by atoms with Crippen molar-refractivity contribution in [2.75, 3.05) is 13.1 Å². The molecule has 0 aromatic carbocycles. The molecule has 1 aliphatic heterocycles. The van der Waals surface area contributed by atoms with Gasteiger partial charge in [0.2, 0.25) is 0 Å². The summed E-state index contributed by atoms with van der Waals surface area (Å²) in [5.41, 5.74) is 1.19. The van der Waals surface area contributed by atoms with E-state index >= 15 is 0 Å². The van der Waals surface area contributed by atoms with E-state index in [9.17, 15) is 4.79 Å². The zero-order valence-corrected chi connectivity index (χ0v) is 9.89. The van der Waals surface area contributed by atoms with Crippen molar-refractivity contribution in [2.45, 2.75) is 13.0 Å². The fourth-order valence-electron chi connectivity index (χ4n) is 1.87. The van der Waals surface area contributed by atoms with E-state index < -0.39 is 0 Å². The number of hydrogen-bond acceptors (Lipinski definition) is 5. The maximum Gasteiger partial charge on any atom is 0.274 e. The van der Waals surface area contributed by atoms with Crippen LogP contribution in [-0.4, -0.2) is 48.9 Å². The van der Waals surface area contributed by atoms with Gasteiger partial charge in [0.05, 0.1) is 24.1 Å². The van der Waals surface area contributed by atoms with E-state index in [0.717, 1.165) is 5.69 Å². The number of likely N-dealkylation sites (tertiary alicyclic amines) is 1. The summed E-state index contributed by atoms with van der Waals surface area (Å²) >= 11 is 0. The van der Waals surface area contributed by atoms with Gasteiger partial charge in [-0.3, -0.25) is 9.78 Å². The molecule has 92 valence electrons. The Balaban J connectivity index is 1.65. The second-order valence-electron chi connectivity index (χ2n) is 4.29. The summed E-state index contributed by atoms with van der Waals surface area (Å²) in [6.45, 7) is 3.11.